The third-order valence-electron chi connectivity index (χ3n) is 4.32. The Balaban J connectivity index is 1.40. The van der Waals surface area contributed by atoms with Gasteiger partial charge in [0.1, 0.15) is 12.4 Å². The van der Waals surface area contributed by atoms with Crippen LogP contribution in [0, 0.1) is 0 Å². The Bertz CT molecular complexity index is 904. The number of carbonyl (C=O) groups is 2. The Labute approximate surface area is 148 Å². The summed E-state index contributed by atoms with van der Waals surface area (Å²) in [6.07, 6.45) is 3.14. The van der Waals surface area contributed by atoms with Crippen molar-refractivity contribution in [2.45, 2.75) is 25.3 Å². The van der Waals surface area contributed by atoms with Gasteiger partial charge in [0, 0.05) is 30.5 Å². The fraction of sp³-hybridized carbons (Fsp3) is 0.294. The first-order valence-corrected chi connectivity index (χ1v) is 9.03. The van der Waals surface area contributed by atoms with E-state index < -0.39 is 6.04 Å². The first-order valence-electron chi connectivity index (χ1n) is 8.15. The highest BCUT2D eigenvalue weighted by atomic mass is 32.1. The molecule has 0 radical (unpaired) electrons. The SMILES string of the molecule is O=C(NCCc1csc2ncnn12)C1CCC(=O)N1c1ccccc1. The summed E-state index contributed by atoms with van der Waals surface area (Å²) < 4.78 is 1.78. The number of fused-ring (bicyclic) bond motifs is 1. The largest absolute Gasteiger partial charge is 0.354 e. The highest BCUT2D eigenvalue weighted by Crippen LogP contribution is 2.26. The summed E-state index contributed by atoms with van der Waals surface area (Å²) in [7, 11) is 0. The van der Waals surface area contributed by atoms with E-state index in [0.717, 1.165) is 16.3 Å². The van der Waals surface area contributed by atoms with Gasteiger partial charge in [0.2, 0.25) is 16.8 Å². The number of hydrogen-bond donors (Lipinski definition) is 1. The molecule has 0 spiro atoms. The number of hydrogen-bond acceptors (Lipinski definition) is 5. The molecule has 8 heteroatoms. The molecule has 1 atom stereocenters. The Morgan fingerprint density at radius 1 is 1.32 bits per heavy atom. The van der Waals surface area contributed by atoms with E-state index in [1.807, 2.05) is 35.7 Å². The molecule has 1 aliphatic rings. The van der Waals surface area contributed by atoms with Gasteiger partial charge in [-0.3, -0.25) is 14.5 Å². The minimum atomic E-state index is -0.441. The molecule has 2 aromatic heterocycles. The van der Waals surface area contributed by atoms with Gasteiger partial charge in [-0.2, -0.15) is 5.10 Å². The Morgan fingerprint density at radius 3 is 3.00 bits per heavy atom. The van der Waals surface area contributed by atoms with Crippen molar-refractivity contribution in [3.63, 3.8) is 0 Å². The molecular formula is C17H17N5O2S. The van der Waals surface area contributed by atoms with E-state index >= 15 is 0 Å². The van der Waals surface area contributed by atoms with E-state index in [4.69, 9.17) is 0 Å². The monoisotopic (exact) mass is 355 g/mol. The molecule has 1 aliphatic heterocycles. The lowest BCUT2D eigenvalue weighted by Crippen LogP contribution is -2.45. The molecule has 2 amide bonds. The number of para-hydroxylation sites is 1. The van der Waals surface area contributed by atoms with Gasteiger partial charge in [-0.05, 0) is 18.6 Å². The zero-order valence-electron chi connectivity index (χ0n) is 13.5. The second-order valence-corrected chi connectivity index (χ2v) is 6.71. The molecular weight excluding hydrogens is 338 g/mol. The lowest BCUT2D eigenvalue weighted by molar-refractivity contribution is -0.123. The van der Waals surface area contributed by atoms with Crippen molar-refractivity contribution in [2.24, 2.45) is 0 Å². The maximum absolute atomic E-state index is 12.6. The number of thiazole rings is 1. The van der Waals surface area contributed by atoms with Gasteiger partial charge in [-0.25, -0.2) is 9.50 Å². The number of rotatable bonds is 5. The maximum atomic E-state index is 12.6. The third-order valence-corrected chi connectivity index (χ3v) is 5.20. The highest BCUT2D eigenvalue weighted by molar-refractivity contribution is 7.15. The zero-order chi connectivity index (χ0) is 17.2. The van der Waals surface area contributed by atoms with Crippen LogP contribution in [0.3, 0.4) is 0 Å². The number of benzene rings is 1. The van der Waals surface area contributed by atoms with E-state index in [1.54, 1.807) is 9.42 Å². The standard InChI is InChI=1S/C17H17N5O2S/c23-15-7-6-14(21(15)12-4-2-1-3-5-12)16(24)18-9-8-13-10-25-17-19-11-20-22(13)17/h1-5,10-11,14H,6-9H2,(H,18,24). The summed E-state index contributed by atoms with van der Waals surface area (Å²) in [6.45, 7) is 0.498. The minimum Gasteiger partial charge on any atom is -0.354 e. The van der Waals surface area contributed by atoms with Crippen molar-refractivity contribution < 1.29 is 9.59 Å². The zero-order valence-corrected chi connectivity index (χ0v) is 14.3. The summed E-state index contributed by atoms with van der Waals surface area (Å²) in [5.74, 6) is -0.117. The van der Waals surface area contributed by atoms with Crippen molar-refractivity contribution >= 4 is 33.8 Å². The predicted octanol–water partition coefficient (Wildman–Crippen LogP) is 1.65. The number of aromatic nitrogens is 3. The maximum Gasteiger partial charge on any atom is 0.243 e. The average Bonchev–Trinajstić information content (AvgIpc) is 3.32. The van der Waals surface area contributed by atoms with Crippen LogP contribution in [0.2, 0.25) is 0 Å². The molecule has 25 heavy (non-hydrogen) atoms. The van der Waals surface area contributed by atoms with E-state index in [2.05, 4.69) is 15.4 Å². The first kappa shape index (κ1) is 15.8. The highest BCUT2D eigenvalue weighted by Gasteiger charge is 2.36. The quantitative estimate of drug-likeness (QED) is 0.755. The second kappa shape index (κ2) is 6.64. The van der Waals surface area contributed by atoms with E-state index in [0.29, 0.717) is 25.8 Å². The van der Waals surface area contributed by atoms with Crippen LogP contribution in [0.5, 0.6) is 0 Å². The lowest BCUT2D eigenvalue weighted by Gasteiger charge is -2.24. The molecule has 128 valence electrons. The molecule has 3 heterocycles. The van der Waals surface area contributed by atoms with Crippen LogP contribution < -0.4 is 10.2 Å². The smallest absolute Gasteiger partial charge is 0.243 e. The van der Waals surface area contributed by atoms with Gasteiger partial charge < -0.3 is 5.32 Å². The van der Waals surface area contributed by atoms with Crippen molar-refractivity contribution in [2.75, 3.05) is 11.4 Å². The fourth-order valence-electron chi connectivity index (χ4n) is 3.12. The Morgan fingerprint density at radius 2 is 2.16 bits per heavy atom. The van der Waals surface area contributed by atoms with E-state index in [9.17, 15) is 9.59 Å². The van der Waals surface area contributed by atoms with E-state index in [1.165, 1.54) is 17.7 Å². The minimum absolute atomic E-state index is 0.00601. The molecule has 0 aliphatic carbocycles. The van der Waals surface area contributed by atoms with Gasteiger partial charge in [-0.15, -0.1) is 11.3 Å². The van der Waals surface area contributed by atoms with Crippen molar-refractivity contribution in [1.29, 1.82) is 0 Å². The van der Waals surface area contributed by atoms with Crippen LogP contribution in [0.4, 0.5) is 5.69 Å². The van der Waals surface area contributed by atoms with Crippen molar-refractivity contribution in [1.82, 2.24) is 19.9 Å². The van der Waals surface area contributed by atoms with E-state index in [-0.39, 0.29) is 11.8 Å². The van der Waals surface area contributed by atoms with Crippen molar-refractivity contribution in [3.8, 4) is 0 Å². The summed E-state index contributed by atoms with van der Waals surface area (Å²) >= 11 is 1.53. The van der Waals surface area contributed by atoms with Crippen molar-refractivity contribution in [3.05, 3.63) is 47.7 Å². The summed E-state index contributed by atoms with van der Waals surface area (Å²) in [6, 6.07) is 8.91. The first-order chi connectivity index (χ1) is 12.2. The molecule has 1 saturated heterocycles. The number of carbonyl (C=O) groups excluding carboxylic acids is 2. The second-order valence-electron chi connectivity index (χ2n) is 5.88. The lowest BCUT2D eigenvalue weighted by atomic mass is 10.2. The van der Waals surface area contributed by atoms with Crippen LogP contribution in [0.25, 0.3) is 4.96 Å². The summed E-state index contributed by atoms with van der Waals surface area (Å²) in [4.78, 5) is 31.4. The number of amides is 2. The number of anilines is 1. The molecule has 3 aromatic rings. The van der Waals surface area contributed by atoms with Crippen LogP contribution >= 0.6 is 11.3 Å². The Kier molecular flexibility index (Phi) is 4.19. The molecule has 4 rings (SSSR count). The molecule has 1 unspecified atom stereocenters. The topological polar surface area (TPSA) is 79.6 Å². The number of nitrogens with zero attached hydrogens (tertiary/aromatic N) is 4. The van der Waals surface area contributed by atoms with Crippen LogP contribution in [-0.2, 0) is 16.0 Å². The van der Waals surface area contributed by atoms with Gasteiger partial charge >= 0.3 is 0 Å². The molecule has 7 nitrogen and oxygen atoms in total. The fourth-order valence-corrected chi connectivity index (χ4v) is 3.95. The predicted molar refractivity (Wildman–Crippen MR) is 94.5 cm³/mol. The van der Waals surface area contributed by atoms with Gasteiger partial charge in [0.15, 0.2) is 0 Å². The van der Waals surface area contributed by atoms with Gasteiger partial charge in [-0.1, -0.05) is 18.2 Å². The average molecular weight is 355 g/mol. The van der Waals surface area contributed by atoms with Crippen LogP contribution in [0.1, 0.15) is 18.5 Å². The molecule has 0 bridgehead atoms. The normalized spacial score (nSPS) is 17.4. The summed E-state index contributed by atoms with van der Waals surface area (Å²) in [5, 5.41) is 9.11. The van der Waals surface area contributed by atoms with Gasteiger partial charge in [0.25, 0.3) is 0 Å². The third kappa shape index (κ3) is 3.00. The van der Waals surface area contributed by atoms with Crippen LogP contribution in [0.15, 0.2) is 42.0 Å². The summed E-state index contributed by atoms with van der Waals surface area (Å²) in [5.41, 5.74) is 1.78. The Hall–Kier alpha value is -2.74. The van der Waals surface area contributed by atoms with Gasteiger partial charge in [0.05, 0.1) is 5.69 Å². The molecule has 0 saturated carbocycles. The number of nitrogens with one attached hydrogen (secondary N) is 1. The van der Waals surface area contributed by atoms with Crippen LogP contribution in [-0.4, -0.2) is 39.0 Å². The molecule has 1 N–H and O–H groups in total. The molecule has 1 aromatic carbocycles. The molecule has 1 fully saturated rings.